The van der Waals surface area contributed by atoms with Crippen molar-refractivity contribution in [2.45, 2.75) is 24.2 Å². The molecule has 7 nitrogen and oxygen atoms in total. The maximum absolute atomic E-state index is 13.1. The molecule has 1 aromatic carbocycles. The molecule has 1 atom stereocenters. The highest BCUT2D eigenvalue weighted by atomic mass is 32.2. The van der Waals surface area contributed by atoms with Crippen LogP contribution >= 0.6 is 0 Å². The molecule has 27 heavy (non-hydrogen) atoms. The lowest BCUT2D eigenvalue weighted by Crippen LogP contribution is -2.53. The number of piperidine rings is 1. The van der Waals surface area contributed by atoms with Crippen LogP contribution < -0.4 is 5.43 Å². The Morgan fingerprint density at radius 2 is 1.81 bits per heavy atom. The van der Waals surface area contributed by atoms with E-state index in [1.807, 2.05) is 5.01 Å². The van der Waals surface area contributed by atoms with Crippen molar-refractivity contribution >= 4 is 15.9 Å². The highest BCUT2D eigenvalue weighted by Crippen LogP contribution is 2.25. The molecule has 2 aliphatic heterocycles. The third-order valence-electron chi connectivity index (χ3n) is 5.19. The highest BCUT2D eigenvalue weighted by molar-refractivity contribution is 7.89. The number of hydrogen-bond acceptors (Lipinski definition) is 5. The Labute approximate surface area is 160 Å². The molecule has 1 aromatic rings. The summed E-state index contributed by atoms with van der Waals surface area (Å²) >= 11 is 0. The van der Waals surface area contributed by atoms with Crippen LogP contribution in [0.5, 0.6) is 0 Å². The van der Waals surface area contributed by atoms with Gasteiger partial charge in [-0.25, -0.2) is 17.8 Å². The predicted molar refractivity (Wildman–Crippen MR) is 99.7 cm³/mol. The number of hydrogen-bond donors (Lipinski definition) is 1. The van der Waals surface area contributed by atoms with Gasteiger partial charge < -0.3 is 4.90 Å². The molecule has 0 saturated carbocycles. The van der Waals surface area contributed by atoms with Crippen molar-refractivity contribution in [3.63, 3.8) is 0 Å². The summed E-state index contributed by atoms with van der Waals surface area (Å²) in [6.45, 7) is 4.14. The third kappa shape index (κ3) is 5.25. The first-order valence-electron chi connectivity index (χ1n) is 9.33. The number of nitrogens with zero attached hydrogens (tertiary/aromatic N) is 3. The molecule has 0 spiro atoms. The van der Waals surface area contributed by atoms with Gasteiger partial charge in [0.2, 0.25) is 15.9 Å². The van der Waals surface area contributed by atoms with E-state index in [0.29, 0.717) is 25.9 Å². The monoisotopic (exact) mass is 398 g/mol. The first kappa shape index (κ1) is 20.2. The van der Waals surface area contributed by atoms with Gasteiger partial charge >= 0.3 is 0 Å². The standard InChI is InChI=1S/C18H27FN4O3S/c1-21-9-11-22(12-10-21)20-18(24)13-15-3-2-8-23(14-15)27(25,26)17-6-4-16(19)5-7-17/h4-7,15H,2-3,8-14H2,1H3,(H,20,24). The van der Waals surface area contributed by atoms with Crippen LogP contribution in [0.3, 0.4) is 0 Å². The molecule has 2 saturated heterocycles. The zero-order chi connectivity index (χ0) is 19.4. The fourth-order valence-corrected chi connectivity index (χ4v) is 5.12. The molecule has 2 aliphatic rings. The minimum atomic E-state index is -3.66. The lowest BCUT2D eigenvalue weighted by Gasteiger charge is -2.34. The van der Waals surface area contributed by atoms with Crippen LogP contribution in [-0.2, 0) is 14.8 Å². The number of piperazine rings is 1. The van der Waals surface area contributed by atoms with E-state index < -0.39 is 15.8 Å². The van der Waals surface area contributed by atoms with Crippen molar-refractivity contribution < 1.29 is 17.6 Å². The number of carbonyl (C=O) groups is 1. The Bertz CT molecular complexity index is 748. The Hall–Kier alpha value is -1.55. The van der Waals surface area contributed by atoms with Crippen molar-refractivity contribution in [2.75, 3.05) is 46.3 Å². The molecule has 150 valence electrons. The van der Waals surface area contributed by atoms with Crippen LogP contribution in [0.25, 0.3) is 0 Å². The lowest BCUT2D eigenvalue weighted by atomic mass is 9.96. The summed E-state index contributed by atoms with van der Waals surface area (Å²) in [6, 6.07) is 4.87. The summed E-state index contributed by atoms with van der Waals surface area (Å²) in [6.07, 6.45) is 1.85. The lowest BCUT2D eigenvalue weighted by molar-refractivity contribution is -0.128. The van der Waals surface area contributed by atoms with Crippen LogP contribution in [0.15, 0.2) is 29.2 Å². The largest absolute Gasteiger partial charge is 0.304 e. The van der Waals surface area contributed by atoms with Crippen LogP contribution in [0, 0.1) is 11.7 Å². The number of sulfonamides is 1. The van der Waals surface area contributed by atoms with E-state index in [2.05, 4.69) is 17.4 Å². The minimum Gasteiger partial charge on any atom is -0.304 e. The zero-order valence-electron chi connectivity index (χ0n) is 15.6. The van der Waals surface area contributed by atoms with Gasteiger partial charge in [-0.15, -0.1) is 0 Å². The number of likely N-dealkylation sites (N-methyl/N-ethyl adjacent to an activating group) is 1. The fourth-order valence-electron chi connectivity index (χ4n) is 3.57. The second-order valence-electron chi connectivity index (χ2n) is 7.35. The SMILES string of the molecule is CN1CCN(NC(=O)CC2CCCN(S(=O)(=O)c3ccc(F)cc3)C2)CC1. The molecule has 1 N–H and O–H groups in total. The quantitative estimate of drug-likeness (QED) is 0.798. The van der Waals surface area contributed by atoms with Crippen LogP contribution in [0.2, 0.25) is 0 Å². The molecule has 2 fully saturated rings. The third-order valence-corrected chi connectivity index (χ3v) is 7.07. The van der Waals surface area contributed by atoms with E-state index in [0.717, 1.165) is 44.7 Å². The van der Waals surface area contributed by atoms with Crippen molar-refractivity contribution in [2.24, 2.45) is 5.92 Å². The first-order valence-corrected chi connectivity index (χ1v) is 10.8. The van der Waals surface area contributed by atoms with Crippen molar-refractivity contribution in [3.05, 3.63) is 30.1 Å². The van der Waals surface area contributed by atoms with Crippen molar-refractivity contribution in [3.8, 4) is 0 Å². The zero-order valence-corrected chi connectivity index (χ0v) is 16.4. The first-order chi connectivity index (χ1) is 12.8. The highest BCUT2D eigenvalue weighted by Gasteiger charge is 2.31. The summed E-state index contributed by atoms with van der Waals surface area (Å²) < 4.78 is 40.0. The summed E-state index contributed by atoms with van der Waals surface area (Å²) in [4.78, 5) is 14.6. The van der Waals surface area contributed by atoms with Gasteiger partial charge in [0, 0.05) is 45.7 Å². The van der Waals surface area contributed by atoms with Crippen LogP contribution in [-0.4, -0.2) is 74.9 Å². The Morgan fingerprint density at radius 3 is 2.48 bits per heavy atom. The molecule has 9 heteroatoms. The fraction of sp³-hybridized carbons (Fsp3) is 0.611. The van der Waals surface area contributed by atoms with Gasteiger partial charge in [-0.05, 0) is 50.1 Å². The van der Waals surface area contributed by atoms with E-state index >= 15 is 0 Å². The molecule has 0 bridgehead atoms. The minimum absolute atomic E-state index is 0.0126. The van der Waals surface area contributed by atoms with Gasteiger partial charge in [0.25, 0.3) is 0 Å². The predicted octanol–water partition coefficient (Wildman–Crippen LogP) is 0.895. The van der Waals surface area contributed by atoms with Gasteiger partial charge in [-0.3, -0.25) is 10.2 Å². The average Bonchev–Trinajstić information content (AvgIpc) is 2.64. The van der Waals surface area contributed by atoms with Gasteiger partial charge in [-0.1, -0.05) is 0 Å². The molecule has 2 heterocycles. The second-order valence-corrected chi connectivity index (χ2v) is 9.29. The van der Waals surface area contributed by atoms with E-state index in [1.165, 1.54) is 16.4 Å². The Morgan fingerprint density at radius 1 is 1.15 bits per heavy atom. The summed E-state index contributed by atoms with van der Waals surface area (Å²) in [7, 11) is -1.61. The topological polar surface area (TPSA) is 73.0 Å². The summed E-state index contributed by atoms with van der Waals surface area (Å²) in [5, 5.41) is 1.93. The number of hydrazine groups is 1. The smallest absolute Gasteiger partial charge is 0.243 e. The van der Waals surface area contributed by atoms with Gasteiger partial charge in [0.1, 0.15) is 5.82 Å². The van der Waals surface area contributed by atoms with Crippen molar-refractivity contribution in [1.82, 2.24) is 19.6 Å². The molecule has 0 aromatic heterocycles. The normalized spacial score (nSPS) is 23.3. The Kier molecular flexibility index (Phi) is 6.46. The van der Waals surface area contributed by atoms with Crippen LogP contribution in [0.4, 0.5) is 4.39 Å². The molecular formula is C18H27FN4O3S. The van der Waals surface area contributed by atoms with Gasteiger partial charge in [0.15, 0.2) is 0 Å². The number of amides is 1. The van der Waals surface area contributed by atoms with E-state index in [-0.39, 0.29) is 16.7 Å². The molecule has 1 unspecified atom stereocenters. The number of nitrogens with one attached hydrogen (secondary N) is 1. The molecule has 0 radical (unpaired) electrons. The van der Waals surface area contributed by atoms with E-state index in [9.17, 15) is 17.6 Å². The van der Waals surface area contributed by atoms with Gasteiger partial charge in [0.05, 0.1) is 4.90 Å². The molecule has 1 amide bonds. The van der Waals surface area contributed by atoms with E-state index in [4.69, 9.17) is 0 Å². The number of benzene rings is 1. The number of halogens is 1. The maximum atomic E-state index is 13.1. The van der Waals surface area contributed by atoms with Crippen molar-refractivity contribution in [1.29, 1.82) is 0 Å². The second kappa shape index (κ2) is 8.64. The van der Waals surface area contributed by atoms with Gasteiger partial charge in [-0.2, -0.15) is 4.31 Å². The van der Waals surface area contributed by atoms with E-state index in [1.54, 1.807) is 0 Å². The maximum Gasteiger partial charge on any atom is 0.243 e. The molecule has 0 aliphatic carbocycles. The number of rotatable bonds is 5. The molecule has 3 rings (SSSR count). The molecular weight excluding hydrogens is 371 g/mol. The Balaban J connectivity index is 1.55. The summed E-state index contributed by atoms with van der Waals surface area (Å²) in [5.74, 6) is -0.543. The summed E-state index contributed by atoms with van der Waals surface area (Å²) in [5.41, 5.74) is 2.94. The average molecular weight is 399 g/mol. The number of carbonyl (C=O) groups excluding carboxylic acids is 1. The van der Waals surface area contributed by atoms with Crippen LogP contribution in [0.1, 0.15) is 19.3 Å².